The third kappa shape index (κ3) is 2.76. The highest BCUT2D eigenvalue weighted by Crippen LogP contribution is 2.22. The highest BCUT2D eigenvalue weighted by atomic mass is 16.3. The van der Waals surface area contributed by atoms with E-state index in [4.69, 9.17) is 0 Å². The number of carbonyl (C=O) groups is 2. The summed E-state index contributed by atoms with van der Waals surface area (Å²) in [6.45, 7) is 2.01. The van der Waals surface area contributed by atoms with Crippen molar-refractivity contribution in [3.63, 3.8) is 0 Å². The second-order valence-corrected chi connectivity index (χ2v) is 4.77. The van der Waals surface area contributed by atoms with E-state index in [1.165, 1.54) is 11.9 Å². The van der Waals surface area contributed by atoms with Crippen molar-refractivity contribution in [3.8, 4) is 5.75 Å². The summed E-state index contributed by atoms with van der Waals surface area (Å²) >= 11 is 0. The molecule has 0 radical (unpaired) electrons. The van der Waals surface area contributed by atoms with E-state index in [1.807, 2.05) is 19.1 Å². The fraction of sp³-hybridized carbons (Fsp3) is 0.429. The van der Waals surface area contributed by atoms with Gasteiger partial charge in [0.15, 0.2) is 0 Å². The molecule has 0 bridgehead atoms. The lowest BCUT2D eigenvalue weighted by Crippen LogP contribution is -2.39. The topological polar surface area (TPSA) is 69.6 Å². The number of hydrogen-bond acceptors (Lipinski definition) is 4. The maximum absolute atomic E-state index is 11.9. The van der Waals surface area contributed by atoms with Crippen LogP contribution >= 0.6 is 0 Å². The molecule has 1 aromatic rings. The summed E-state index contributed by atoms with van der Waals surface area (Å²) in [6.07, 6.45) is 1.01. The van der Waals surface area contributed by atoms with Crippen molar-refractivity contribution in [2.45, 2.75) is 31.8 Å². The molecular weight excluding hydrogens is 244 g/mol. The minimum atomic E-state index is -0.448. The average Bonchev–Trinajstić information content (AvgIpc) is 2.65. The summed E-state index contributed by atoms with van der Waals surface area (Å²) in [5.41, 5.74) is 0.995. The molecule has 1 aromatic carbocycles. The van der Waals surface area contributed by atoms with Gasteiger partial charge in [-0.15, -0.1) is 0 Å². The Bertz CT molecular complexity index is 484. The van der Waals surface area contributed by atoms with Crippen LogP contribution in [0.15, 0.2) is 24.3 Å². The van der Waals surface area contributed by atoms with Crippen LogP contribution in [0, 0.1) is 0 Å². The molecule has 2 atom stereocenters. The number of phenolic OH excluding ortho intramolecular Hbond substituents is 1. The second-order valence-electron chi connectivity index (χ2n) is 4.77. The number of hydrogen-bond donors (Lipinski definition) is 2. The smallest absolute Gasteiger partial charge is 0.246 e. The summed E-state index contributed by atoms with van der Waals surface area (Å²) in [5, 5.41) is 12.5. The van der Waals surface area contributed by atoms with E-state index in [9.17, 15) is 14.7 Å². The van der Waals surface area contributed by atoms with Crippen LogP contribution in [0.4, 0.5) is 0 Å². The first kappa shape index (κ1) is 13.5. The van der Waals surface area contributed by atoms with E-state index in [-0.39, 0.29) is 30.0 Å². The van der Waals surface area contributed by atoms with Gasteiger partial charge in [0, 0.05) is 13.1 Å². The van der Waals surface area contributed by atoms with Gasteiger partial charge in [0.25, 0.3) is 0 Å². The Labute approximate surface area is 112 Å². The molecule has 0 aromatic heterocycles. The first-order chi connectivity index (χ1) is 9.02. The molecule has 2 N–H and O–H groups in total. The number of phenols is 1. The number of nitrogens with zero attached hydrogens (tertiary/aromatic N) is 1. The van der Waals surface area contributed by atoms with Gasteiger partial charge < -0.3 is 5.11 Å². The summed E-state index contributed by atoms with van der Waals surface area (Å²) in [7, 11) is 1.51. The van der Waals surface area contributed by atoms with E-state index < -0.39 is 6.04 Å². The van der Waals surface area contributed by atoms with Crippen LogP contribution in [0.1, 0.15) is 31.4 Å². The van der Waals surface area contributed by atoms with Gasteiger partial charge >= 0.3 is 0 Å². The van der Waals surface area contributed by atoms with Crippen LogP contribution in [0.25, 0.3) is 0 Å². The summed E-state index contributed by atoms with van der Waals surface area (Å²) < 4.78 is 0. The highest BCUT2D eigenvalue weighted by Gasteiger charge is 2.36. The monoisotopic (exact) mass is 262 g/mol. The summed E-state index contributed by atoms with van der Waals surface area (Å²) in [6, 6.07) is 6.43. The maximum atomic E-state index is 11.9. The lowest BCUT2D eigenvalue weighted by atomic mass is 10.0. The van der Waals surface area contributed by atoms with Gasteiger partial charge in [0.1, 0.15) is 5.75 Å². The number of rotatable bonds is 4. The average molecular weight is 262 g/mol. The van der Waals surface area contributed by atoms with Gasteiger partial charge in [-0.1, -0.05) is 19.1 Å². The second kappa shape index (κ2) is 5.40. The lowest BCUT2D eigenvalue weighted by molar-refractivity contribution is -0.137. The molecule has 1 saturated heterocycles. The zero-order valence-corrected chi connectivity index (χ0v) is 11.1. The minimum absolute atomic E-state index is 0.00569. The zero-order chi connectivity index (χ0) is 14.0. The Hall–Kier alpha value is -1.88. The van der Waals surface area contributed by atoms with Crippen LogP contribution in [-0.2, 0) is 9.59 Å². The van der Waals surface area contributed by atoms with Crippen LogP contribution in [0.2, 0.25) is 0 Å². The molecule has 1 heterocycles. The Balaban J connectivity index is 2.10. The van der Waals surface area contributed by atoms with Gasteiger partial charge in [-0.05, 0) is 24.1 Å². The molecule has 2 rings (SSSR count). The Morgan fingerprint density at radius 2 is 2.00 bits per heavy atom. The largest absolute Gasteiger partial charge is 0.508 e. The molecule has 5 nitrogen and oxygen atoms in total. The molecule has 19 heavy (non-hydrogen) atoms. The van der Waals surface area contributed by atoms with Gasteiger partial charge in [-0.2, -0.15) is 0 Å². The summed E-state index contributed by atoms with van der Waals surface area (Å²) in [4.78, 5) is 24.5. The molecule has 102 valence electrons. The summed E-state index contributed by atoms with van der Waals surface area (Å²) in [5.74, 6) is -0.115. The molecule has 0 aliphatic carbocycles. The van der Waals surface area contributed by atoms with E-state index in [2.05, 4.69) is 5.32 Å². The molecule has 2 amide bonds. The molecule has 1 aliphatic heterocycles. The zero-order valence-electron chi connectivity index (χ0n) is 11.1. The van der Waals surface area contributed by atoms with E-state index >= 15 is 0 Å². The van der Waals surface area contributed by atoms with Crippen molar-refractivity contribution in [1.82, 2.24) is 10.2 Å². The lowest BCUT2D eigenvalue weighted by Gasteiger charge is -2.21. The fourth-order valence-corrected chi connectivity index (χ4v) is 2.28. The van der Waals surface area contributed by atoms with Crippen molar-refractivity contribution in [2.24, 2.45) is 0 Å². The predicted molar refractivity (Wildman–Crippen MR) is 70.5 cm³/mol. The predicted octanol–water partition coefficient (Wildman–Crippen LogP) is 1.19. The number of carbonyl (C=O) groups excluding carboxylic acids is 2. The van der Waals surface area contributed by atoms with Crippen molar-refractivity contribution >= 4 is 11.8 Å². The number of aromatic hydroxyl groups is 1. The Morgan fingerprint density at radius 1 is 1.37 bits per heavy atom. The highest BCUT2D eigenvalue weighted by molar-refractivity contribution is 6.05. The molecule has 2 unspecified atom stereocenters. The molecule has 5 heteroatoms. The normalized spacial score (nSPS) is 20.9. The van der Waals surface area contributed by atoms with Gasteiger partial charge in [0.05, 0.1) is 12.5 Å². The molecular formula is C14H18N2O3. The molecule has 0 saturated carbocycles. The van der Waals surface area contributed by atoms with Gasteiger partial charge in [0.2, 0.25) is 11.8 Å². The van der Waals surface area contributed by atoms with Crippen LogP contribution in [0.5, 0.6) is 5.75 Å². The van der Waals surface area contributed by atoms with Crippen LogP contribution < -0.4 is 5.32 Å². The number of amides is 2. The first-order valence-corrected chi connectivity index (χ1v) is 6.38. The minimum Gasteiger partial charge on any atom is -0.508 e. The fourth-order valence-electron chi connectivity index (χ4n) is 2.28. The van der Waals surface area contributed by atoms with Crippen molar-refractivity contribution in [3.05, 3.63) is 29.8 Å². The van der Waals surface area contributed by atoms with Crippen molar-refractivity contribution < 1.29 is 14.7 Å². The quantitative estimate of drug-likeness (QED) is 0.800. The third-order valence-electron chi connectivity index (χ3n) is 3.49. The van der Waals surface area contributed by atoms with Crippen LogP contribution in [-0.4, -0.2) is 34.9 Å². The van der Waals surface area contributed by atoms with Gasteiger partial charge in [-0.25, -0.2) is 0 Å². The Kier molecular flexibility index (Phi) is 3.85. The number of imide groups is 1. The third-order valence-corrected chi connectivity index (χ3v) is 3.49. The molecule has 0 spiro atoms. The van der Waals surface area contributed by atoms with E-state index in [1.54, 1.807) is 12.1 Å². The first-order valence-electron chi connectivity index (χ1n) is 6.38. The standard InChI is InChI=1S/C14H18N2O3/c1-3-11(9-4-6-10(17)7-5-9)15-12-8-13(18)16(2)14(12)19/h4-7,11-12,15,17H,3,8H2,1-2H3. The SMILES string of the molecule is CCC(NC1CC(=O)N(C)C1=O)c1ccc(O)cc1. The van der Waals surface area contributed by atoms with Crippen LogP contribution in [0.3, 0.4) is 0 Å². The van der Waals surface area contributed by atoms with Gasteiger partial charge in [-0.3, -0.25) is 19.8 Å². The van der Waals surface area contributed by atoms with Crippen molar-refractivity contribution in [2.75, 3.05) is 7.05 Å². The number of likely N-dealkylation sites (N-methyl/N-ethyl adjacent to an activating group) is 1. The molecule has 1 aliphatic rings. The number of likely N-dealkylation sites (tertiary alicyclic amines) is 1. The van der Waals surface area contributed by atoms with E-state index in [0.717, 1.165) is 12.0 Å². The van der Waals surface area contributed by atoms with E-state index in [0.29, 0.717) is 0 Å². The molecule has 1 fully saturated rings. The number of nitrogens with one attached hydrogen (secondary N) is 1. The maximum Gasteiger partial charge on any atom is 0.246 e. The Morgan fingerprint density at radius 3 is 2.47 bits per heavy atom. The van der Waals surface area contributed by atoms with Crippen molar-refractivity contribution in [1.29, 1.82) is 0 Å². The number of benzene rings is 1.